The first-order valence-corrected chi connectivity index (χ1v) is 9.24. The lowest BCUT2D eigenvalue weighted by molar-refractivity contribution is -0.243. The number of hydrogen-bond donors (Lipinski definition) is 1. The highest BCUT2D eigenvalue weighted by molar-refractivity contribution is 6.02. The molecule has 0 amide bonds. The first kappa shape index (κ1) is 25.6. The second kappa shape index (κ2) is 9.05. The fourth-order valence-corrected chi connectivity index (χ4v) is 2.86. The number of rotatable bonds is 8. The summed E-state index contributed by atoms with van der Waals surface area (Å²) in [5.41, 5.74) is -0.323. The van der Waals surface area contributed by atoms with Crippen molar-refractivity contribution in [1.29, 1.82) is 0 Å². The first-order chi connectivity index (χ1) is 14.6. The quantitative estimate of drug-likeness (QED) is 0.295. The van der Waals surface area contributed by atoms with E-state index in [0.717, 1.165) is 24.3 Å². The van der Waals surface area contributed by atoms with Crippen molar-refractivity contribution in [2.24, 2.45) is 5.73 Å². The Labute approximate surface area is 178 Å². The summed E-state index contributed by atoms with van der Waals surface area (Å²) in [6.45, 7) is 1.20. The first-order valence-electron chi connectivity index (χ1n) is 9.24. The molecule has 2 aromatic carbocycles. The second-order valence-electron chi connectivity index (χ2n) is 7.17. The van der Waals surface area contributed by atoms with Crippen molar-refractivity contribution >= 4 is 5.78 Å². The molecular weight excluding hydrogens is 450 g/mol. The molecular formula is C21H19F8NO2. The molecule has 0 aliphatic rings. The maximum atomic E-state index is 15.0. The number of benzene rings is 2. The summed E-state index contributed by atoms with van der Waals surface area (Å²) < 4.78 is 113. The van der Waals surface area contributed by atoms with E-state index in [-0.39, 0.29) is 5.75 Å². The van der Waals surface area contributed by atoms with Gasteiger partial charge >= 0.3 is 18.3 Å². The molecule has 0 heterocycles. The highest BCUT2D eigenvalue weighted by atomic mass is 19.4. The third-order valence-corrected chi connectivity index (χ3v) is 4.72. The molecule has 2 N–H and O–H groups in total. The number of ether oxygens (including phenoxy) is 1. The minimum absolute atomic E-state index is 0.145. The van der Waals surface area contributed by atoms with Crippen LogP contribution in [-0.2, 0) is 5.54 Å². The molecule has 0 fully saturated rings. The van der Waals surface area contributed by atoms with E-state index in [2.05, 4.69) is 0 Å². The number of ketones is 1. The van der Waals surface area contributed by atoms with Crippen LogP contribution in [0.3, 0.4) is 0 Å². The van der Waals surface area contributed by atoms with Crippen molar-refractivity contribution in [1.82, 2.24) is 0 Å². The number of carbonyl (C=O) groups is 1. The monoisotopic (exact) mass is 469 g/mol. The summed E-state index contributed by atoms with van der Waals surface area (Å²) in [5, 5.41) is 0. The average molecular weight is 469 g/mol. The Balaban J connectivity index is 2.32. The maximum Gasteiger partial charge on any atom is 0.417 e. The Hall–Kier alpha value is -2.69. The summed E-state index contributed by atoms with van der Waals surface area (Å²) >= 11 is 0. The lowest BCUT2D eigenvalue weighted by Crippen LogP contribution is -2.65. The van der Waals surface area contributed by atoms with E-state index >= 15 is 0 Å². The normalized spacial score (nSPS) is 14.7. The molecule has 0 radical (unpaired) electrons. The molecule has 176 valence electrons. The van der Waals surface area contributed by atoms with Gasteiger partial charge in [-0.1, -0.05) is 42.0 Å². The summed E-state index contributed by atoms with van der Waals surface area (Å²) in [5.74, 6) is -7.33. The van der Waals surface area contributed by atoms with Crippen molar-refractivity contribution in [2.75, 3.05) is 6.61 Å². The van der Waals surface area contributed by atoms with E-state index in [4.69, 9.17) is 10.5 Å². The maximum absolute atomic E-state index is 15.0. The Morgan fingerprint density at radius 1 is 0.875 bits per heavy atom. The van der Waals surface area contributed by atoms with Crippen LogP contribution in [0, 0.1) is 6.92 Å². The molecule has 1 unspecified atom stereocenters. The SMILES string of the molecule is Cc1ccc(C(=O)C(F)(F)C(N)(c2ccc(OCCCC(F)(F)F)cc2)C(F)(F)F)cc1. The fraction of sp³-hybridized carbons (Fsp3) is 0.381. The van der Waals surface area contributed by atoms with Gasteiger partial charge in [0, 0.05) is 12.0 Å². The molecule has 32 heavy (non-hydrogen) atoms. The molecule has 0 spiro atoms. The van der Waals surface area contributed by atoms with E-state index < -0.39 is 60.2 Å². The summed E-state index contributed by atoms with van der Waals surface area (Å²) in [4.78, 5) is 12.3. The van der Waals surface area contributed by atoms with Crippen LogP contribution < -0.4 is 10.5 Å². The van der Waals surface area contributed by atoms with Crippen LogP contribution in [-0.4, -0.2) is 30.7 Å². The minimum Gasteiger partial charge on any atom is -0.494 e. The molecule has 0 saturated heterocycles. The molecule has 1 atom stereocenters. The van der Waals surface area contributed by atoms with E-state index in [0.29, 0.717) is 17.7 Å². The highest BCUT2D eigenvalue weighted by Crippen LogP contribution is 2.49. The van der Waals surface area contributed by atoms with Gasteiger partial charge in [0.1, 0.15) is 5.75 Å². The van der Waals surface area contributed by atoms with Gasteiger partial charge < -0.3 is 10.5 Å². The number of Topliss-reactive ketones (excluding diaryl/α,β-unsaturated/α-hetero) is 1. The molecule has 0 saturated carbocycles. The number of alkyl halides is 8. The van der Waals surface area contributed by atoms with E-state index in [1.54, 1.807) is 6.92 Å². The predicted molar refractivity (Wildman–Crippen MR) is 99.6 cm³/mol. The van der Waals surface area contributed by atoms with Gasteiger partial charge in [0.05, 0.1) is 6.61 Å². The standard InChI is InChI=1S/C21H19F8NO2/c1-13-3-5-14(6-4-13)17(31)20(25,26)19(30,21(27,28)29)15-7-9-16(10-8-15)32-12-2-11-18(22,23)24/h3-10H,2,11-12,30H2,1H3. The number of halogens is 8. The predicted octanol–water partition coefficient (Wildman–Crippen LogP) is 5.95. The molecule has 3 nitrogen and oxygen atoms in total. The largest absolute Gasteiger partial charge is 0.494 e. The van der Waals surface area contributed by atoms with Crippen LogP contribution in [0.4, 0.5) is 35.1 Å². The van der Waals surface area contributed by atoms with Gasteiger partial charge in [-0.3, -0.25) is 4.79 Å². The van der Waals surface area contributed by atoms with Gasteiger partial charge in [-0.25, -0.2) is 0 Å². The summed E-state index contributed by atoms with van der Waals surface area (Å²) in [6, 6.07) is 7.46. The number of hydrogen-bond acceptors (Lipinski definition) is 3. The zero-order valence-electron chi connectivity index (χ0n) is 16.7. The van der Waals surface area contributed by atoms with Crippen molar-refractivity contribution in [3.63, 3.8) is 0 Å². The van der Waals surface area contributed by atoms with Crippen LogP contribution in [0.2, 0.25) is 0 Å². The Morgan fingerprint density at radius 2 is 1.41 bits per heavy atom. The van der Waals surface area contributed by atoms with Gasteiger partial charge in [0.15, 0.2) is 0 Å². The lowest BCUT2D eigenvalue weighted by Gasteiger charge is -2.38. The zero-order chi connectivity index (χ0) is 24.4. The molecule has 0 aromatic heterocycles. The van der Waals surface area contributed by atoms with Crippen LogP contribution in [0.1, 0.15) is 34.3 Å². The van der Waals surface area contributed by atoms with Crippen molar-refractivity contribution in [3.05, 3.63) is 65.2 Å². The van der Waals surface area contributed by atoms with Crippen LogP contribution in [0.15, 0.2) is 48.5 Å². The third kappa shape index (κ3) is 5.37. The summed E-state index contributed by atoms with van der Waals surface area (Å²) in [7, 11) is 0. The van der Waals surface area contributed by atoms with E-state index in [1.807, 2.05) is 0 Å². The zero-order valence-corrected chi connectivity index (χ0v) is 16.7. The smallest absolute Gasteiger partial charge is 0.417 e. The Morgan fingerprint density at radius 3 is 1.88 bits per heavy atom. The van der Waals surface area contributed by atoms with Gasteiger partial charge in [-0.2, -0.15) is 35.1 Å². The van der Waals surface area contributed by atoms with Crippen molar-refractivity contribution in [2.45, 2.75) is 43.6 Å². The van der Waals surface area contributed by atoms with Crippen molar-refractivity contribution in [3.8, 4) is 5.75 Å². The Kier molecular flexibility index (Phi) is 7.23. The van der Waals surface area contributed by atoms with Crippen LogP contribution >= 0.6 is 0 Å². The number of nitrogens with two attached hydrogens (primary N) is 1. The fourth-order valence-electron chi connectivity index (χ4n) is 2.86. The van der Waals surface area contributed by atoms with Crippen molar-refractivity contribution < 1.29 is 44.7 Å². The van der Waals surface area contributed by atoms with Gasteiger partial charge in [-0.15, -0.1) is 0 Å². The topological polar surface area (TPSA) is 52.3 Å². The number of carbonyl (C=O) groups excluding carboxylic acids is 1. The molecule has 0 bridgehead atoms. The molecule has 11 heteroatoms. The number of aryl methyl sites for hydroxylation is 1. The lowest BCUT2D eigenvalue weighted by atomic mass is 9.80. The minimum atomic E-state index is -5.73. The van der Waals surface area contributed by atoms with E-state index in [1.165, 1.54) is 12.1 Å². The highest BCUT2D eigenvalue weighted by Gasteiger charge is 2.71. The second-order valence-corrected chi connectivity index (χ2v) is 7.17. The van der Waals surface area contributed by atoms with Crippen LogP contribution in [0.5, 0.6) is 5.75 Å². The third-order valence-electron chi connectivity index (χ3n) is 4.72. The average Bonchev–Trinajstić information content (AvgIpc) is 2.69. The van der Waals surface area contributed by atoms with Gasteiger partial charge in [0.25, 0.3) is 0 Å². The van der Waals surface area contributed by atoms with Gasteiger partial charge in [0.2, 0.25) is 11.3 Å². The molecule has 0 aliphatic carbocycles. The van der Waals surface area contributed by atoms with Gasteiger partial charge in [-0.05, 0) is 31.0 Å². The molecule has 2 rings (SSSR count). The molecule has 0 aliphatic heterocycles. The molecule has 2 aromatic rings. The Bertz CT molecular complexity index is 921. The van der Waals surface area contributed by atoms with Crippen LogP contribution in [0.25, 0.3) is 0 Å². The summed E-state index contributed by atoms with van der Waals surface area (Å²) in [6.07, 6.45) is -11.7. The van der Waals surface area contributed by atoms with E-state index in [9.17, 15) is 39.9 Å².